The number of carbonyl (C=O) groups is 1. The van der Waals surface area contributed by atoms with Crippen molar-refractivity contribution < 1.29 is 14.3 Å². The number of benzene rings is 2. The van der Waals surface area contributed by atoms with E-state index >= 15 is 0 Å². The van der Waals surface area contributed by atoms with E-state index in [9.17, 15) is 19.6 Å². The van der Waals surface area contributed by atoms with Crippen molar-refractivity contribution in [3.63, 3.8) is 0 Å². The van der Waals surface area contributed by atoms with Crippen LogP contribution in [0.1, 0.15) is 43.2 Å². The smallest absolute Gasteiger partial charge is 0.332 e. The minimum atomic E-state index is -0.557. The monoisotopic (exact) mass is 636 g/mol. The van der Waals surface area contributed by atoms with Crippen molar-refractivity contribution in [1.82, 2.24) is 24.0 Å². The third-order valence-electron chi connectivity index (χ3n) is 7.66. The number of methoxy groups -OCH3 is 1. The Labute approximate surface area is 262 Å². The highest BCUT2D eigenvalue weighted by atomic mass is 35.5. The first-order valence-corrected chi connectivity index (χ1v) is 14.8. The molecule has 0 bridgehead atoms. The summed E-state index contributed by atoms with van der Waals surface area (Å²) in [6.07, 6.45) is 6.56. The number of ether oxygens (including phenoxy) is 2. The number of nitrogens with one attached hydrogen (secondary N) is 1. The second-order valence-electron chi connectivity index (χ2n) is 10.6. The number of halogens is 2. The molecule has 0 saturated heterocycles. The summed E-state index contributed by atoms with van der Waals surface area (Å²) < 4.78 is 15.6. The topological polar surface area (TPSA) is 133 Å². The van der Waals surface area contributed by atoms with Crippen molar-refractivity contribution in [3.05, 3.63) is 84.0 Å². The van der Waals surface area contributed by atoms with Crippen molar-refractivity contribution >= 4 is 46.3 Å². The Bertz CT molecular complexity index is 1950. The number of fused-ring (bicyclic) bond motifs is 1. The lowest BCUT2D eigenvalue weighted by molar-refractivity contribution is -0.117. The van der Waals surface area contributed by atoms with Gasteiger partial charge in [-0.1, -0.05) is 54.6 Å². The zero-order chi connectivity index (χ0) is 31.5. The summed E-state index contributed by atoms with van der Waals surface area (Å²) >= 11 is 12.5. The van der Waals surface area contributed by atoms with E-state index in [0.29, 0.717) is 21.2 Å². The summed E-state index contributed by atoms with van der Waals surface area (Å²) in [6.45, 7) is 0.0834. The molecule has 5 rings (SSSR count). The molecule has 1 N–H and O–H groups in total. The fraction of sp³-hybridized carbons (Fsp3) is 0.323. The van der Waals surface area contributed by atoms with E-state index in [2.05, 4.69) is 10.3 Å². The predicted molar refractivity (Wildman–Crippen MR) is 167 cm³/mol. The molecule has 1 fully saturated rings. The zero-order valence-corrected chi connectivity index (χ0v) is 25.9. The molecule has 44 heavy (non-hydrogen) atoms. The standard InChI is InChI=1S/C31H30Cl2N6O5/c1-37-27-26(29(41)38(2)31(37)42)39(17-19-10-11-21(32)15-23(19)33)30(36-27)44-24-12-9-18(14-25(24)43-3)13-20(16-34)28(40)35-22-7-5-4-6-8-22/h9-15,22H,4-8,17H2,1-3H3,(H,35,40). The molecule has 0 atom stereocenters. The Hall–Kier alpha value is -4.53. The SMILES string of the molecule is COc1cc(C=C(C#N)C(=O)NC2CCCCC2)ccc1Oc1nc2c(c(=O)n(C)c(=O)n2C)n1Cc1ccc(Cl)cc1Cl. The first-order valence-electron chi connectivity index (χ1n) is 14.0. The molecule has 1 aliphatic carbocycles. The van der Waals surface area contributed by atoms with Crippen LogP contribution >= 0.6 is 23.2 Å². The maximum absolute atomic E-state index is 13.3. The van der Waals surface area contributed by atoms with E-state index in [1.807, 2.05) is 6.07 Å². The minimum absolute atomic E-state index is 0.00971. The molecular weight excluding hydrogens is 607 g/mol. The summed E-state index contributed by atoms with van der Waals surface area (Å²) in [7, 11) is 4.35. The van der Waals surface area contributed by atoms with Crippen LogP contribution in [0, 0.1) is 11.3 Å². The maximum atomic E-state index is 13.3. The van der Waals surface area contributed by atoms with Gasteiger partial charge in [-0.25, -0.2) is 4.79 Å². The van der Waals surface area contributed by atoms with Gasteiger partial charge in [-0.05, 0) is 54.3 Å². The Balaban J connectivity index is 1.53. The molecule has 13 heteroatoms. The van der Waals surface area contributed by atoms with Crippen LogP contribution in [0.4, 0.5) is 0 Å². The van der Waals surface area contributed by atoms with Crippen molar-refractivity contribution in [1.29, 1.82) is 5.26 Å². The fourth-order valence-corrected chi connectivity index (χ4v) is 5.72. The summed E-state index contributed by atoms with van der Waals surface area (Å²) in [5.74, 6) is 0.115. The number of imidazole rings is 1. The zero-order valence-electron chi connectivity index (χ0n) is 24.4. The van der Waals surface area contributed by atoms with Crippen LogP contribution < -0.4 is 26.0 Å². The van der Waals surface area contributed by atoms with Gasteiger partial charge in [-0.15, -0.1) is 0 Å². The van der Waals surface area contributed by atoms with E-state index in [1.54, 1.807) is 36.4 Å². The first kappa shape index (κ1) is 30.9. The van der Waals surface area contributed by atoms with Gasteiger partial charge >= 0.3 is 11.7 Å². The number of nitrogens with zero attached hydrogens (tertiary/aromatic N) is 5. The molecule has 2 aromatic heterocycles. The van der Waals surface area contributed by atoms with Crippen molar-refractivity contribution in [2.24, 2.45) is 14.1 Å². The molecule has 0 radical (unpaired) electrons. The number of hydrogen-bond donors (Lipinski definition) is 1. The first-order chi connectivity index (χ1) is 21.1. The van der Waals surface area contributed by atoms with Gasteiger partial charge < -0.3 is 14.8 Å². The Kier molecular flexibility index (Phi) is 9.13. The highest BCUT2D eigenvalue weighted by Gasteiger charge is 2.23. The van der Waals surface area contributed by atoms with Crippen LogP contribution in [-0.4, -0.2) is 37.7 Å². The number of nitriles is 1. The van der Waals surface area contributed by atoms with Crippen molar-refractivity contribution in [2.75, 3.05) is 7.11 Å². The molecule has 228 valence electrons. The molecule has 0 aliphatic heterocycles. The molecule has 1 aliphatic rings. The average Bonchev–Trinajstić information content (AvgIpc) is 3.37. The minimum Gasteiger partial charge on any atom is -0.493 e. The number of aryl methyl sites for hydroxylation is 1. The molecule has 4 aromatic rings. The van der Waals surface area contributed by atoms with Gasteiger partial charge in [0.2, 0.25) is 0 Å². The number of aromatic nitrogens is 4. The van der Waals surface area contributed by atoms with E-state index < -0.39 is 17.2 Å². The van der Waals surface area contributed by atoms with Gasteiger partial charge in [0.15, 0.2) is 22.7 Å². The lowest BCUT2D eigenvalue weighted by atomic mass is 9.95. The lowest BCUT2D eigenvalue weighted by Gasteiger charge is -2.22. The molecule has 1 saturated carbocycles. The third-order valence-corrected chi connectivity index (χ3v) is 8.25. The van der Waals surface area contributed by atoms with Crippen LogP contribution in [0.25, 0.3) is 17.2 Å². The molecule has 0 unspecified atom stereocenters. The second kappa shape index (κ2) is 13.0. The van der Waals surface area contributed by atoms with Gasteiger partial charge in [-0.2, -0.15) is 10.2 Å². The quantitative estimate of drug-likeness (QED) is 0.214. The van der Waals surface area contributed by atoms with Gasteiger partial charge in [0.05, 0.1) is 13.7 Å². The van der Waals surface area contributed by atoms with Crippen molar-refractivity contribution in [3.8, 4) is 23.6 Å². The van der Waals surface area contributed by atoms with E-state index in [-0.39, 0.29) is 46.8 Å². The number of amides is 1. The lowest BCUT2D eigenvalue weighted by Crippen LogP contribution is -2.37. The van der Waals surface area contributed by atoms with Crippen LogP contribution in [0.5, 0.6) is 17.5 Å². The van der Waals surface area contributed by atoms with Gasteiger partial charge in [0.25, 0.3) is 11.5 Å². The molecule has 0 spiro atoms. The van der Waals surface area contributed by atoms with Crippen LogP contribution in [0.2, 0.25) is 10.0 Å². The van der Waals surface area contributed by atoms with Crippen molar-refractivity contribution in [2.45, 2.75) is 44.7 Å². The third kappa shape index (κ3) is 6.23. The molecule has 1 amide bonds. The summed E-state index contributed by atoms with van der Waals surface area (Å²) in [5.41, 5.74) is 0.318. The van der Waals surface area contributed by atoms with E-state index in [4.69, 9.17) is 32.7 Å². The summed E-state index contributed by atoms with van der Waals surface area (Å²) in [4.78, 5) is 43.3. The van der Waals surface area contributed by atoms with Crippen LogP contribution in [-0.2, 0) is 25.4 Å². The average molecular weight is 638 g/mol. The Morgan fingerprint density at radius 3 is 2.52 bits per heavy atom. The van der Waals surface area contributed by atoms with Gasteiger partial charge in [0.1, 0.15) is 11.6 Å². The highest BCUT2D eigenvalue weighted by molar-refractivity contribution is 6.35. The molecule has 2 aromatic carbocycles. The summed E-state index contributed by atoms with van der Waals surface area (Å²) in [6, 6.07) is 12.0. The van der Waals surface area contributed by atoms with E-state index in [1.165, 1.54) is 36.4 Å². The normalized spacial score (nSPS) is 14.0. The molecule has 11 nitrogen and oxygen atoms in total. The highest BCUT2D eigenvalue weighted by Crippen LogP contribution is 2.34. The van der Waals surface area contributed by atoms with E-state index in [0.717, 1.165) is 36.7 Å². The Morgan fingerprint density at radius 1 is 1.09 bits per heavy atom. The summed E-state index contributed by atoms with van der Waals surface area (Å²) in [5, 5.41) is 13.5. The number of rotatable bonds is 8. The largest absolute Gasteiger partial charge is 0.493 e. The van der Waals surface area contributed by atoms with Crippen LogP contribution in [0.15, 0.2) is 51.6 Å². The van der Waals surface area contributed by atoms with Crippen LogP contribution in [0.3, 0.4) is 0 Å². The number of carbonyl (C=O) groups excluding carboxylic acids is 1. The maximum Gasteiger partial charge on any atom is 0.332 e. The second-order valence-corrected chi connectivity index (χ2v) is 11.4. The predicted octanol–water partition coefficient (Wildman–Crippen LogP) is 4.95. The molecule has 2 heterocycles. The molecular formula is C31H30Cl2N6O5. The van der Waals surface area contributed by atoms with Gasteiger partial charge in [0, 0.05) is 30.2 Å². The Morgan fingerprint density at radius 2 is 1.84 bits per heavy atom. The number of hydrogen-bond acceptors (Lipinski definition) is 7. The van der Waals surface area contributed by atoms with Gasteiger partial charge in [-0.3, -0.25) is 23.3 Å². The fourth-order valence-electron chi connectivity index (χ4n) is 5.25.